The number of thioether (sulfide) groups is 1. The van der Waals surface area contributed by atoms with Crippen molar-refractivity contribution >= 4 is 40.7 Å². The molecule has 40 heavy (non-hydrogen) atoms. The summed E-state index contributed by atoms with van der Waals surface area (Å²) in [6.45, 7) is 2.25. The van der Waals surface area contributed by atoms with Gasteiger partial charge in [-0.1, -0.05) is 48.5 Å². The van der Waals surface area contributed by atoms with Gasteiger partial charge in [0.05, 0.1) is 22.4 Å². The van der Waals surface area contributed by atoms with E-state index in [-0.39, 0.29) is 29.4 Å². The Morgan fingerprint density at radius 2 is 1.95 bits per heavy atom. The van der Waals surface area contributed by atoms with Crippen molar-refractivity contribution in [3.63, 3.8) is 0 Å². The van der Waals surface area contributed by atoms with E-state index in [0.717, 1.165) is 39.2 Å². The van der Waals surface area contributed by atoms with E-state index in [1.807, 2.05) is 78.3 Å². The molecule has 0 radical (unpaired) electrons. The maximum atomic E-state index is 13.8. The molecule has 0 saturated heterocycles. The van der Waals surface area contributed by atoms with Crippen molar-refractivity contribution in [3.05, 3.63) is 118 Å². The van der Waals surface area contributed by atoms with Crippen molar-refractivity contribution in [2.75, 3.05) is 17.2 Å². The van der Waals surface area contributed by atoms with Gasteiger partial charge in [0.15, 0.2) is 0 Å². The van der Waals surface area contributed by atoms with Crippen molar-refractivity contribution in [2.45, 2.75) is 18.7 Å². The maximum absolute atomic E-state index is 13.8. The Hall–Kier alpha value is -4.21. The minimum Gasteiger partial charge on any atom is -0.350 e. The molecule has 1 aliphatic heterocycles. The SMILES string of the molecule is Cc1cccc(-n2nc(-c3ccccc3)c3c2N(CC(=O)NCc2cccnc2)C(=O)CSC3c2ccsc2)c1. The minimum atomic E-state index is -0.250. The number of benzene rings is 2. The second-order valence-electron chi connectivity index (χ2n) is 9.57. The Labute approximate surface area is 240 Å². The predicted molar refractivity (Wildman–Crippen MR) is 161 cm³/mol. The number of hydrogen-bond donors (Lipinski definition) is 1. The van der Waals surface area contributed by atoms with Crippen molar-refractivity contribution < 1.29 is 9.59 Å². The molecule has 0 aliphatic carbocycles. The number of carbonyl (C=O) groups is 2. The van der Waals surface area contributed by atoms with Crippen LogP contribution in [0.2, 0.25) is 0 Å². The average molecular weight is 566 g/mol. The summed E-state index contributed by atoms with van der Waals surface area (Å²) >= 11 is 3.21. The number of pyridine rings is 1. The zero-order valence-electron chi connectivity index (χ0n) is 21.9. The van der Waals surface area contributed by atoms with Crippen LogP contribution >= 0.6 is 23.1 Å². The number of amides is 2. The van der Waals surface area contributed by atoms with E-state index >= 15 is 0 Å². The van der Waals surface area contributed by atoms with Gasteiger partial charge in [-0.25, -0.2) is 4.68 Å². The summed E-state index contributed by atoms with van der Waals surface area (Å²) in [5.41, 5.74) is 6.62. The molecule has 0 bridgehead atoms. The highest BCUT2D eigenvalue weighted by molar-refractivity contribution is 8.00. The third-order valence-electron chi connectivity index (χ3n) is 6.74. The Morgan fingerprint density at radius 3 is 2.70 bits per heavy atom. The molecular formula is C31H27N5O2S2. The van der Waals surface area contributed by atoms with Gasteiger partial charge in [0.25, 0.3) is 0 Å². The lowest BCUT2D eigenvalue weighted by Crippen LogP contribution is -2.42. The van der Waals surface area contributed by atoms with Gasteiger partial charge in [-0.2, -0.15) is 16.4 Å². The number of aromatic nitrogens is 3. The van der Waals surface area contributed by atoms with E-state index in [1.54, 1.807) is 40.4 Å². The quantitative estimate of drug-likeness (QED) is 0.270. The van der Waals surface area contributed by atoms with Gasteiger partial charge < -0.3 is 5.32 Å². The fraction of sp³-hybridized carbons (Fsp3) is 0.161. The lowest BCUT2D eigenvalue weighted by Gasteiger charge is -2.23. The van der Waals surface area contributed by atoms with Crippen LogP contribution in [0.15, 0.2) is 96.0 Å². The van der Waals surface area contributed by atoms with Gasteiger partial charge in [0.2, 0.25) is 11.8 Å². The third-order valence-corrected chi connectivity index (χ3v) is 8.70. The van der Waals surface area contributed by atoms with Gasteiger partial charge in [-0.15, -0.1) is 11.8 Å². The first-order chi connectivity index (χ1) is 19.6. The molecule has 200 valence electrons. The molecule has 2 amide bonds. The van der Waals surface area contributed by atoms with Crippen LogP contribution in [-0.4, -0.2) is 38.9 Å². The molecule has 0 spiro atoms. The molecule has 1 unspecified atom stereocenters. The number of aryl methyl sites for hydroxylation is 1. The fourth-order valence-corrected chi connectivity index (χ4v) is 6.82. The number of nitrogens with zero attached hydrogens (tertiary/aromatic N) is 4. The Balaban J connectivity index is 1.50. The number of rotatable bonds is 7. The first-order valence-corrected chi connectivity index (χ1v) is 14.9. The smallest absolute Gasteiger partial charge is 0.240 e. The van der Waals surface area contributed by atoms with Crippen LogP contribution in [0, 0.1) is 6.92 Å². The van der Waals surface area contributed by atoms with Gasteiger partial charge >= 0.3 is 0 Å². The minimum absolute atomic E-state index is 0.116. The molecule has 1 N–H and O–H groups in total. The van der Waals surface area contributed by atoms with Crippen LogP contribution in [0.25, 0.3) is 16.9 Å². The second-order valence-corrected chi connectivity index (χ2v) is 11.4. The van der Waals surface area contributed by atoms with Crippen LogP contribution in [0.1, 0.15) is 27.5 Å². The average Bonchev–Trinajstić information content (AvgIpc) is 3.63. The topological polar surface area (TPSA) is 80.1 Å². The van der Waals surface area contributed by atoms with Gasteiger partial charge in [0.1, 0.15) is 12.4 Å². The van der Waals surface area contributed by atoms with Crippen LogP contribution in [0.3, 0.4) is 0 Å². The standard InChI is InChI=1S/C31H27N5O2S2/c1-21-7-5-11-25(15-21)36-31-28(29(34-36)23-9-3-2-4-10-23)30(24-12-14-39-19-24)40-20-27(38)35(31)18-26(37)33-17-22-8-6-13-32-16-22/h2-16,19,30H,17-18,20H2,1H3,(H,33,37). The summed E-state index contributed by atoms with van der Waals surface area (Å²) in [6.07, 6.45) is 3.41. The number of hydrogen-bond acceptors (Lipinski definition) is 6. The summed E-state index contributed by atoms with van der Waals surface area (Å²) in [7, 11) is 0. The van der Waals surface area contributed by atoms with Crippen molar-refractivity contribution in [2.24, 2.45) is 0 Å². The molecule has 1 aliphatic rings. The summed E-state index contributed by atoms with van der Waals surface area (Å²) in [4.78, 5) is 32.8. The Morgan fingerprint density at radius 1 is 1.07 bits per heavy atom. The highest BCUT2D eigenvalue weighted by Crippen LogP contribution is 2.48. The first-order valence-electron chi connectivity index (χ1n) is 12.9. The van der Waals surface area contributed by atoms with Crippen LogP contribution in [-0.2, 0) is 16.1 Å². The zero-order chi connectivity index (χ0) is 27.5. The molecule has 9 heteroatoms. The summed E-state index contributed by atoms with van der Waals surface area (Å²) in [5.74, 6) is 0.495. The largest absolute Gasteiger partial charge is 0.350 e. The number of carbonyl (C=O) groups excluding carboxylic acids is 2. The predicted octanol–water partition coefficient (Wildman–Crippen LogP) is 5.79. The Bertz CT molecular complexity index is 1640. The van der Waals surface area contributed by atoms with Gasteiger partial charge in [-0.3, -0.25) is 19.5 Å². The lowest BCUT2D eigenvalue weighted by atomic mass is 10.0. The molecule has 1 atom stereocenters. The first kappa shape index (κ1) is 26.0. The van der Waals surface area contributed by atoms with Crippen LogP contribution < -0.4 is 10.2 Å². The summed E-state index contributed by atoms with van der Waals surface area (Å²) < 4.78 is 1.84. The molecule has 0 fully saturated rings. The van der Waals surface area contributed by atoms with E-state index in [0.29, 0.717) is 12.4 Å². The lowest BCUT2D eigenvalue weighted by molar-refractivity contribution is -0.123. The highest BCUT2D eigenvalue weighted by Gasteiger charge is 2.37. The molecule has 5 aromatic rings. The van der Waals surface area contributed by atoms with Crippen molar-refractivity contribution in [3.8, 4) is 16.9 Å². The zero-order valence-corrected chi connectivity index (χ0v) is 23.5. The third kappa shape index (κ3) is 5.30. The highest BCUT2D eigenvalue weighted by atomic mass is 32.2. The summed E-state index contributed by atoms with van der Waals surface area (Å²) in [6, 6.07) is 23.9. The van der Waals surface area contributed by atoms with E-state index in [2.05, 4.69) is 27.1 Å². The number of anilines is 1. The van der Waals surface area contributed by atoms with E-state index in [9.17, 15) is 9.59 Å². The summed E-state index contributed by atoms with van der Waals surface area (Å²) in [5, 5.41) is 12.1. The maximum Gasteiger partial charge on any atom is 0.240 e. The van der Waals surface area contributed by atoms with Gasteiger partial charge in [-0.05, 0) is 58.6 Å². The Kier molecular flexibility index (Phi) is 7.48. The molecular weight excluding hydrogens is 539 g/mol. The van der Waals surface area contributed by atoms with E-state index in [1.165, 1.54) is 0 Å². The number of fused-ring (bicyclic) bond motifs is 1. The van der Waals surface area contributed by atoms with Crippen molar-refractivity contribution in [1.29, 1.82) is 0 Å². The van der Waals surface area contributed by atoms with Crippen molar-refractivity contribution in [1.82, 2.24) is 20.1 Å². The molecule has 7 nitrogen and oxygen atoms in total. The van der Waals surface area contributed by atoms with Crippen LogP contribution in [0.5, 0.6) is 0 Å². The molecule has 4 heterocycles. The normalized spacial score (nSPS) is 15.0. The number of nitrogens with one attached hydrogen (secondary N) is 1. The molecule has 3 aromatic heterocycles. The number of thiophene rings is 1. The monoisotopic (exact) mass is 565 g/mol. The molecule has 0 saturated carbocycles. The molecule has 2 aromatic carbocycles. The van der Waals surface area contributed by atoms with Gasteiger partial charge in [0, 0.05) is 30.1 Å². The van der Waals surface area contributed by atoms with E-state index in [4.69, 9.17) is 5.10 Å². The fourth-order valence-electron chi connectivity index (χ4n) is 4.86. The van der Waals surface area contributed by atoms with Crippen LogP contribution in [0.4, 0.5) is 5.82 Å². The second kappa shape index (κ2) is 11.5. The molecule has 6 rings (SSSR count). The van der Waals surface area contributed by atoms with E-state index < -0.39 is 0 Å².